The fourth-order valence-corrected chi connectivity index (χ4v) is 3.16. The first-order valence-corrected chi connectivity index (χ1v) is 9.13. The maximum atomic E-state index is 12.8. The number of benzene rings is 2. The highest BCUT2D eigenvalue weighted by atomic mass is 16.5. The minimum Gasteiger partial charge on any atom is -0.378 e. The molecule has 0 bridgehead atoms. The lowest BCUT2D eigenvalue weighted by Gasteiger charge is -2.27. The lowest BCUT2D eigenvalue weighted by Crippen LogP contribution is -2.41. The average molecular weight is 367 g/mol. The third-order valence-electron chi connectivity index (χ3n) is 4.77. The van der Waals surface area contributed by atoms with E-state index in [1.165, 1.54) is 0 Å². The molecule has 0 aliphatic carbocycles. The van der Waals surface area contributed by atoms with Gasteiger partial charge in [-0.25, -0.2) is 0 Å². The van der Waals surface area contributed by atoms with Crippen LogP contribution >= 0.6 is 0 Å². The molecule has 6 nitrogen and oxygen atoms in total. The van der Waals surface area contributed by atoms with Crippen LogP contribution in [0.15, 0.2) is 48.5 Å². The molecular weight excluding hydrogens is 342 g/mol. The van der Waals surface area contributed by atoms with Crippen LogP contribution in [0.25, 0.3) is 0 Å². The summed E-state index contributed by atoms with van der Waals surface area (Å²) in [6, 6.07) is 14.5. The molecule has 1 unspecified atom stereocenters. The van der Waals surface area contributed by atoms with Gasteiger partial charge in [0.2, 0.25) is 5.91 Å². The molecule has 1 saturated heterocycles. The molecule has 2 aromatic rings. The van der Waals surface area contributed by atoms with Crippen molar-refractivity contribution in [3.05, 3.63) is 65.2 Å². The van der Waals surface area contributed by atoms with Crippen molar-refractivity contribution in [2.75, 3.05) is 31.6 Å². The molecule has 1 aliphatic rings. The van der Waals surface area contributed by atoms with Crippen LogP contribution in [0.2, 0.25) is 0 Å². The molecule has 0 spiro atoms. The van der Waals surface area contributed by atoms with Crippen molar-refractivity contribution in [1.82, 2.24) is 4.90 Å². The zero-order chi connectivity index (χ0) is 19.2. The largest absolute Gasteiger partial charge is 0.378 e. The number of carbonyl (C=O) groups excluding carboxylic acids is 2. The van der Waals surface area contributed by atoms with Gasteiger partial charge in [0.1, 0.15) is 0 Å². The number of carbonyl (C=O) groups is 2. The molecule has 3 N–H and O–H groups in total. The molecule has 0 radical (unpaired) electrons. The Morgan fingerprint density at radius 1 is 1.11 bits per heavy atom. The highest BCUT2D eigenvalue weighted by Gasteiger charge is 2.21. The first kappa shape index (κ1) is 19.1. The maximum absolute atomic E-state index is 12.8. The number of anilines is 1. The summed E-state index contributed by atoms with van der Waals surface area (Å²) >= 11 is 0. The summed E-state index contributed by atoms with van der Waals surface area (Å²) in [5, 5.41) is 2.89. The molecule has 2 amide bonds. The van der Waals surface area contributed by atoms with Gasteiger partial charge in [0.05, 0.1) is 13.2 Å². The second-order valence-corrected chi connectivity index (χ2v) is 6.65. The van der Waals surface area contributed by atoms with E-state index in [2.05, 4.69) is 5.32 Å². The van der Waals surface area contributed by atoms with Gasteiger partial charge in [0.15, 0.2) is 0 Å². The van der Waals surface area contributed by atoms with E-state index in [1.54, 1.807) is 23.1 Å². The number of hydrogen-bond acceptors (Lipinski definition) is 4. The Morgan fingerprint density at radius 2 is 1.81 bits per heavy atom. The van der Waals surface area contributed by atoms with Gasteiger partial charge in [-0.05, 0) is 30.2 Å². The number of amides is 2. The van der Waals surface area contributed by atoms with Gasteiger partial charge >= 0.3 is 0 Å². The zero-order valence-electron chi connectivity index (χ0n) is 15.5. The molecule has 0 saturated carbocycles. The Labute approximate surface area is 159 Å². The summed E-state index contributed by atoms with van der Waals surface area (Å²) < 4.78 is 5.30. The predicted octanol–water partition coefficient (Wildman–Crippen LogP) is 2.50. The molecule has 2 aromatic carbocycles. The van der Waals surface area contributed by atoms with E-state index < -0.39 is 0 Å². The van der Waals surface area contributed by atoms with E-state index in [9.17, 15) is 9.59 Å². The van der Waals surface area contributed by atoms with E-state index in [1.807, 2.05) is 37.3 Å². The standard InChI is InChI=1S/C21H25N3O3/c1-15-17(21(26)24-10-12-27-13-11-24)8-5-9-19(15)23-20(25)14-18(22)16-6-3-2-4-7-16/h2-9,18H,10-14,22H2,1H3,(H,23,25). The summed E-state index contributed by atoms with van der Waals surface area (Å²) in [6.07, 6.45) is 0.172. The van der Waals surface area contributed by atoms with Crippen molar-refractivity contribution in [3.8, 4) is 0 Å². The number of nitrogens with one attached hydrogen (secondary N) is 1. The summed E-state index contributed by atoms with van der Waals surface area (Å²) in [6.45, 7) is 4.12. The van der Waals surface area contributed by atoms with E-state index in [4.69, 9.17) is 10.5 Å². The van der Waals surface area contributed by atoms with Crippen LogP contribution in [0.3, 0.4) is 0 Å². The second kappa shape index (κ2) is 8.79. The van der Waals surface area contributed by atoms with Crippen LogP contribution in [0.4, 0.5) is 5.69 Å². The van der Waals surface area contributed by atoms with Crippen molar-refractivity contribution in [2.45, 2.75) is 19.4 Å². The molecule has 27 heavy (non-hydrogen) atoms. The molecule has 1 heterocycles. The third-order valence-corrected chi connectivity index (χ3v) is 4.77. The molecule has 0 aromatic heterocycles. The van der Waals surface area contributed by atoms with Crippen LogP contribution < -0.4 is 11.1 Å². The molecule has 1 aliphatic heterocycles. The van der Waals surface area contributed by atoms with Crippen LogP contribution in [-0.4, -0.2) is 43.0 Å². The Bertz CT molecular complexity index is 802. The van der Waals surface area contributed by atoms with Gasteiger partial charge in [0, 0.05) is 36.8 Å². The van der Waals surface area contributed by atoms with E-state index >= 15 is 0 Å². The Hall–Kier alpha value is -2.70. The lowest BCUT2D eigenvalue weighted by molar-refractivity contribution is -0.116. The van der Waals surface area contributed by atoms with Crippen LogP contribution in [0.5, 0.6) is 0 Å². The van der Waals surface area contributed by atoms with Gasteiger partial charge in [-0.15, -0.1) is 0 Å². The van der Waals surface area contributed by atoms with Gasteiger partial charge in [-0.3, -0.25) is 9.59 Å². The van der Waals surface area contributed by atoms with Gasteiger partial charge in [-0.2, -0.15) is 0 Å². The highest BCUT2D eigenvalue weighted by molar-refractivity contribution is 5.99. The first-order valence-electron chi connectivity index (χ1n) is 9.13. The number of rotatable bonds is 5. The summed E-state index contributed by atoms with van der Waals surface area (Å²) in [5.41, 5.74) is 9.04. The molecule has 6 heteroatoms. The monoisotopic (exact) mass is 367 g/mol. The Kier molecular flexibility index (Phi) is 6.21. The topological polar surface area (TPSA) is 84.7 Å². The number of ether oxygens (including phenoxy) is 1. The maximum Gasteiger partial charge on any atom is 0.254 e. The summed E-state index contributed by atoms with van der Waals surface area (Å²) in [7, 11) is 0. The minimum absolute atomic E-state index is 0.0344. The van der Waals surface area contributed by atoms with Crippen molar-refractivity contribution in [1.29, 1.82) is 0 Å². The third kappa shape index (κ3) is 4.72. The quantitative estimate of drug-likeness (QED) is 0.850. The van der Waals surface area contributed by atoms with Crippen LogP contribution in [-0.2, 0) is 9.53 Å². The fourth-order valence-electron chi connectivity index (χ4n) is 3.16. The molecule has 1 fully saturated rings. The van der Waals surface area contributed by atoms with E-state index in [0.717, 1.165) is 11.1 Å². The van der Waals surface area contributed by atoms with Crippen molar-refractivity contribution in [2.24, 2.45) is 5.73 Å². The van der Waals surface area contributed by atoms with Crippen molar-refractivity contribution >= 4 is 17.5 Å². The normalized spacial score (nSPS) is 15.3. The highest BCUT2D eigenvalue weighted by Crippen LogP contribution is 2.22. The average Bonchev–Trinajstić information content (AvgIpc) is 2.70. The zero-order valence-corrected chi connectivity index (χ0v) is 15.5. The predicted molar refractivity (Wildman–Crippen MR) is 105 cm³/mol. The van der Waals surface area contributed by atoms with Gasteiger partial charge in [-0.1, -0.05) is 36.4 Å². The summed E-state index contributed by atoms with van der Waals surface area (Å²) in [4.78, 5) is 27.0. The molecule has 1 atom stereocenters. The Morgan fingerprint density at radius 3 is 2.52 bits per heavy atom. The van der Waals surface area contributed by atoms with Crippen LogP contribution in [0.1, 0.15) is 33.9 Å². The first-order chi connectivity index (χ1) is 13.1. The smallest absolute Gasteiger partial charge is 0.254 e. The number of morpholine rings is 1. The Balaban J connectivity index is 1.68. The minimum atomic E-state index is -0.371. The van der Waals surface area contributed by atoms with Crippen molar-refractivity contribution in [3.63, 3.8) is 0 Å². The molecule has 3 rings (SSSR count). The van der Waals surface area contributed by atoms with Crippen LogP contribution in [0, 0.1) is 6.92 Å². The number of nitrogens with two attached hydrogens (primary N) is 1. The van der Waals surface area contributed by atoms with Crippen molar-refractivity contribution < 1.29 is 14.3 Å². The number of hydrogen-bond donors (Lipinski definition) is 2. The summed E-state index contributed by atoms with van der Waals surface area (Å²) in [5.74, 6) is -0.210. The molecular formula is C21H25N3O3. The lowest BCUT2D eigenvalue weighted by atomic mass is 10.0. The molecule has 142 valence electrons. The SMILES string of the molecule is Cc1c(NC(=O)CC(N)c2ccccc2)cccc1C(=O)N1CCOCC1. The second-order valence-electron chi connectivity index (χ2n) is 6.65. The van der Waals surface area contributed by atoms with E-state index in [-0.39, 0.29) is 24.3 Å². The van der Waals surface area contributed by atoms with Gasteiger partial charge < -0.3 is 20.7 Å². The van der Waals surface area contributed by atoms with Gasteiger partial charge in [0.25, 0.3) is 5.91 Å². The number of nitrogens with zero attached hydrogens (tertiary/aromatic N) is 1. The fraction of sp³-hybridized carbons (Fsp3) is 0.333. The van der Waals surface area contributed by atoms with E-state index in [0.29, 0.717) is 37.6 Å².